The molecule has 0 saturated carbocycles. The van der Waals surface area contributed by atoms with Gasteiger partial charge in [0.25, 0.3) is 5.91 Å². The number of hydrogen-bond donors (Lipinski definition) is 1. The Balaban J connectivity index is 2.28. The second-order valence-electron chi connectivity index (χ2n) is 3.86. The number of alkyl halides is 2. The van der Waals surface area contributed by atoms with Crippen molar-refractivity contribution in [1.29, 1.82) is 5.26 Å². The molecule has 6 nitrogen and oxygen atoms in total. The zero-order valence-electron chi connectivity index (χ0n) is 10.8. The van der Waals surface area contributed by atoms with Crippen molar-refractivity contribution in [3.63, 3.8) is 0 Å². The molecule has 22 heavy (non-hydrogen) atoms. The van der Waals surface area contributed by atoms with Crippen LogP contribution in [0.4, 0.5) is 14.6 Å². The number of pyridine rings is 2. The number of nitriles is 1. The van der Waals surface area contributed by atoms with Crippen LogP contribution in [0, 0.1) is 11.3 Å². The largest absolute Gasteiger partial charge is 0.431 e. The number of hydrogen-bond acceptors (Lipinski definition) is 5. The number of carbonyl (C=O) groups is 1. The van der Waals surface area contributed by atoms with Crippen molar-refractivity contribution in [1.82, 2.24) is 9.97 Å². The second kappa shape index (κ2) is 6.91. The van der Waals surface area contributed by atoms with Gasteiger partial charge in [0.15, 0.2) is 11.6 Å². The fourth-order valence-corrected chi connectivity index (χ4v) is 1.84. The zero-order chi connectivity index (χ0) is 16.1. The molecule has 1 N–H and O–H groups in total. The van der Waals surface area contributed by atoms with Gasteiger partial charge < -0.3 is 10.1 Å². The highest BCUT2D eigenvalue weighted by Crippen LogP contribution is 2.25. The minimum Gasteiger partial charge on any atom is -0.431 e. The Morgan fingerprint density at radius 1 is 1.45 bits per heavy atom. The van der Waals surface area contributed by atoms with Crippen LogP contribution in [0.15, 0.2) is 35.1 Å². The minimum absolute atomic E-state index is 0.0224. The van der Waals surface area contributed by atoms with Crippen LogP contribution in [-0.2, 0) is 0 Å². The molecule has 2 rings (SSSR count). The van der Waals surface area contributed by atoms with Gasteiger partial charge in [0.2, 0.25) is 0 Å². The predicted octanol–water partition coefficient (Wildman–Crippen LogP) is 2.96. The van der Waals surface area contributed by atoms with Crippen LogP contribution in [0.2, 0.25) is 0 Å². The Kier molecular flexibility index (Phi) is 4.95. The molecule has 0 radical (unpaired) electrons. The van der Waals surface area contributed by atoms with Crippen molar-refractivity contribution >= 4 is 27.7 Å². The second-order valence-corrected chi connectivity index (χ2v) is 4.67. The summed E-state index contributed by atoms with van der Waals surface area (Å²) in [5, 5.41) is 11.1. The van der Waals surface area contributed by atoms with Crippen LogP contribution in [0.1, 0.15) is 16.1 Å². The molecule has 0 atom stereocenters. The zero-order valence-corrected chi connectivity index (χ0v) is 12.3. The molecule has 0 fully saturated rings. The molecule has 0 spiro atoms. The van der Waals surface area contributed by atoms with Crippen molar-refractivity contribution in [3.8, 4) is 11.8 Å². The van der Waals surface area contributed by atoms with Crippen molar-refractivity contribution in [2.24, 2.45) is 0 Å². The van der Waals surface area contributed by atoms with E-state index in [0.29, 0.717) is 4.60 Å². The molecule has 0 unspecified atom stereocenters. The molecule has 2 aromatic heterocycles. The van der Waals surface area contributed by atoms with E-state index in [1.54, 1.807) is 18.2 Å². The number of nitrogens with one attached hydrogen (secondary N) is 1. The topological polar surface area (TPSA) is 87.9 Å². The normalized spacial score (nSPS) is 10.1. The lowest BCUT2D eigenvalue weighted by atomic mass is 10.3. The van der Waals surface area contributed by atoms with E-state index in [9.17, 15) is 13.6 Å². The van der Waals surface area contributed by atoms with Crippen LogP contribution in [0.25, 0.3) is 0 Å². The van der Waals surface area contributed by atoms with Gasteiger partial charge >= 0.3 is 6.61 Å². The average Bonchev–Trinajstić information content (AvgIpc) is 2.48. The summed E-state index contributed by atoms with van der Waals surface area (Å²) in [7, 11) is 0. The fraction of sp³-hybridized carbons (Fsp3) is 0.0769. The monoisotopic (exact) mass is 368 g/mol. The number of halogens is 3. The summed E-state index contributed by atoms with van der Waals surface area (Å²) < 4.78 is 29.5. The highest BCUT2D eigenvalue weighted by Gasteiger charge is 2.16. The SMILES string of the molecule is N#Cc1cnc(NC(=O)c2cccc(Br)n2)c(OC(F)F)c1. The highest BCUT2D eigenvalue weighted by molar-refractivity contribution is 9.10. The first-order valence-corrected chi connectivity index (χ1v) is 6.58. The van der Waals surface area contributed by atoms with Gasteiger partial charge in [0, 0.05) is 12.3 Å². The first-order valence-electron chi connectivity index (χ1n) is 5.78. The Bertz CT molecular complexity index is 749. The van der Waals surface area contributed by atoms with Crippen molar-refractivity contribution in [2.45, 2.75) is 6.61 Å². The summed E-state index contributed by atoms with van der Waals surface area (Å²) in [6.07, 6.45) is 1.13. The van der Waals surface area contributed by atoms with Gasteiger partial charge in [-0.15, -0.1) is 0 Å². The number of aromatic nitrogens is 2. The molecular formula is C13H7BrF2N4O2. The van der Waals surface area contributed by atoms with Gasteiger partial charge in [-0.2, -0.15) is 14.0 Å². The van der Waals surface area contributed by atoms with Gasteiger partial charge in [-0.3, -0.25) is 4.79 Å². The van der Waals surface area contributed by atoms with Crippen LogP contribution in [-0.4, -0.2) is 22.5 Å². The molecule has 2 aromatic rings. The van der Waals surface area contributed by atoms with Crippen LogP contribution >= 0.6 is 15.9 Å². The third-order valence-corrected chi connectivity index (χ3v) is 2.82. The number of ether oxygens (including phenoxy) is 1. The maximum absolute atomic E-state index is 12.4. The quantitative estimate of drug-likeness (QED) is 0.838. The lowest BCUT2D eigenvalue weighted by molar-refractivity contribution is -0.0495. The van der Waals surface area contributed by atoms with Crippen LogP contribution < -0.4 is 10.1 Å². The Hall–Kier alpha value is -2.60. The first kappa shape index (κ1) is 15.8. The van der Waals surface area contributed by atoms with E-state index in [4.69, 9.17) is 5.26 Å². The molecule has 1 amide bonds. The fourth-order valence-electron chi connectivity index (χ4n) is 1.49. The highest BCUT2D eigenvalue weighted by atomic mass is 79.9. The Labute approximate surface area is 131 Å². The number of carbonyl (C=O) groups excluding carboxylic acids is 1. The summed E-state index contributed by atoms with van der Waals surface area (Å²) in [6, 6.07) is 7.46. The summed E-state index contributed by atoms with van der Waals surface area (Å²) in [5.74, 6) is -1.29. The first-order chi connectivity index (χ1) is 10.5. The maximum Gasteiger partial charge on any atom is 0.387 e. The standard InChI is InChI=1S/C13H7BrF2N4O2/c14-10-3-1-2-8(19-10)12(21)20-11-9(22-13(15)16)4-7(5-17)6-18-11/h1-4,6,13H,(H,18,20,21). The predicted molar refractivity (Wildman–Crippen MR) is 75.5 cm³/mol. The number of rotatable bonds is 4. The van der Waals surface area contributed by atoms with E-state index in [2.05, 4.69) is 36.0 Å². The van der Waals surface area contributed by atoms with E-state index in [1.165, 1.54) is 6.07 Å². The van der Waals surface area contributed by atoms with Crippen LogP contribution in [0.3, 0.4) is 0 Å². The third-order valence-electron chi connectivity index (χ3n) is 2.38. The molecule has 0 aliphatic heterocycles. The minimum atomic E-state index is -3.12. The molecule has 112 valence electrons. The lowest BCUT2D eigenvalue weighted by Gasteiger charge is -2.11. The van der Waals surface area contributed by atoms with E-state index in [0.717, 1.165) is 12.3 Å². The summed E-state index contributed by atoms with van der Waals surface area (Å²) in [4.78, 5) is 19.7. The van der Waals surface area contributed by atoms with E-state index in [-0.39, 0.29) is 17.1 Å². The lowest BCUT2D eigenvalue weighted by Crippen LogP contribution is -2.16. The van der Waals surface area contributed by atoms with Crippen molar-refractivity contribution < 1.29 is 18.3 Å². The molecular weight excluding hydrogens is 362 g/mol. The summed E-state index contributed by atoms with van der Waals surface area (Å²) in [5.41, 5.74) is 0.0813. The molecule has 0 aliphatic carbocycles. The molecule has 0 aliphatic rings. The van der Waals surface area contributed by atoms with Gasteiger partial charge in [-0.25, -0.2) is 9.97 Å². The van der Waals surface area contributed by atoms with E-state index in [1.807, 2.05) is 0 Å². The summed E-state index contributed by atoms with van der Waals surface area (Å²) in [6.45, 7) is -3.12. The van der Waals surface area contributed by atoms with Crippen molar-refractivity contribution in [2.75, 3.05) is 5.32 Å². The van der Waals surface area contributed by atoms with E-state index >= 15 is 0 Å². The number of nitrogens with zero attached hydrogens (tertiary/aromatic N) is 3. The van der Waals surface area contributed by atoms with E-state index < -0.39 is 18.3 Å². The Morgan fingerprint density at radius 2 is 2.23 bits per heavy atom. The molecule has 0 bridgehead atoms. The third kappa shape index (κ3) is 3.95. The van der Waals surface area contributed by atoms with Gasteiger partial charge in [0.1, 0.15) is 16.4 Å². The smallest absolute Gasteiger partial charge is 0.387 e. The molecule has 0 aromatic carbocycles. The summed E-state index contributed by atoms with van der Waals surface area (Å²) >= 11 is 3.12. The Morgan fingerprint density at radius 3 is 2.86 bits per heavy atom. The van der Waals surface area contributed by atoms with Crippen molar-refractivity contribution in [3.05, 3.63) is 46.3 Å². The van der Waals surface area contributed by atoms with Crippen LogP contribution in [0.5, 0.6) is 5.75 Å². The average molecular weight is 369 g/mol. The van der Waals surface area contributed by atoms with Gasteiger partial charge in [0.05, 0.1) is 5.56 Å². The molecule has 2 heterocycles. The molecule has 0 saturated heterocycles. The number of anilines is 1. The van der Waals surface area contributed by atoms with Gasteiger partial charge in [-0.1, -0.05) is 6.07 Å². The maximum atomic E-state index is 12.4. The van der Waals surface area contributed by atoms with Gasteiger partial charge in [-0.05, 0) is 28.1 Å². The number of amides is 1. The molecule has 9 heteroatoms.